The maximum atomic E-state index is 12.1. The van der Waals surface area contributed by atoms with Crippen LogP contribution in [-0.2, 0) is 24.1 Å². The predicted octanol–water partition coefficient (Wildman–Crippen LogP) is 3.78. The highest BCUT2D eigenvalue weighted by Crippen LogP contribution is 2.25. The fourth-order valence-electron chi connectivity index (χ4n) is 2.61. The molecule has 1 heterocycles. The van der Waals surface area contributed by atoms with Gasteiger partial charge in [-0.3, -0.25) is 4.79 Å². The Kier molecular flexibility index (Phi) is 3.72. The van der Waals surface area contributed by atoms with E-state index in [4.69, 9.17) is 12.2 Å². The number of anilines is 1. The first-order valence-electron chi connectivity index (χ1n) is 6.72. The number of carbonyl (C=O) groups excluding carboxylic acids is 1. The van der Waals surface area contributed by atoms with Gasteiger partial charge in [0.25, 0.3) is 0 Å². The maximum absolute atomic E-state index is 12.1. The number of thiazole rings is 1. The molecule has 1 amide bonds. The van der Waals surface area contributed by atoms with Gasteiger partial charge < -0.3 is 10.3 Å². The minimum absolute atomic E-state index is 0.0105. The third-order valence-corrected chi connectivity index (χ3v) is 4.96. The van der Waals surface area contributed by atoms with E-state index in [9.17, 15) is 4.79 Å². The second kappa shape index (κ2) is 5.50. The molecule has 0 unspecified atom stereocenters. The lowest BCUT2D eigenvalue weighted by atomic mass is 10.1. The van der Waals surface area contributed by atoms with E-state index in [2.05, 4.69) is 22.4 Å². The van der Waals surface area contributed by atoms with Crippen molar-refractivity contribution in [3.05, 3.63) is 43.9 Å². The van der Waals surface area contributed by atoms with Crippen molar-refractivity contribution in [3.8, 4) is 0 Å². The zero-order valence-corrected chi connectivity index (χ0v) is 12.9. The number of aryl methyl sites for hydroxylation is 3. The topological polar surface area (TPSA) is 44.9 Å². The van der Waals surface area contributed by atoms with Crippen molar-refractivity contribution in [2.75, 3.05) is 5.32 Å². The first-order chi connectivity index (χ1) is 9.61. The molecule has 1 aliphatic carbocycles. The molecule has 0 atom stereocenters. The number of aromatic nitrogens is 1. The molecule has 20 heavy (non-hydrogen) atoms. The number of nitrogens with one attached hydrogen (secondary N) is 2. The smallest absolute Gasteiger partial charge is 0.229 e. The van der Waals surface area contributed by atoms with Crippen LogP contribution in [0.15, 0.2) is 18.2 Å². The van der Waals surface area contributed by atoms with Gasteiger partial charge in [-0.1, -0.05) is 6.07 Å². The van der Waals surface area contributed by atoms with Crippen molar-refractivity contribution in [2.45, 2.75) is 32.6 Å². The molecule has 5 heteroatoms. The lowest BCUT2D eigenvalue weighted by Crippen LogP contribution is -2.14. The molecule has 2 aromatic rings. The van der Waals surface area contributed by atoms with Crippen molar-refractivity contribution in [1.82, 2.24) is 4.98 Å². The average molecular weight is 304 g/mol. The lowest BCUT2D eigenvalue weighted by molar-refractivity contribution is -0.115. The quantitative estimate of drug-likeness (QED) is 0.848. The highest BCUT2D eigenvalue weighted by molar-refractivity contribution is 7.73. The molecular weight excluding hydrogens is 288 g/mol. The largest absolute Gasteiger partial charge is 0.341 e. The average Bonchev–Trinajstić information content (AvgIpc) is 2.96. The normalized spacial score (nSPS) is 13.2. The number of aromatic amines is 1. The highest BCUT2D eigenvalue weighted by Gasteiger charge is 2.13. The van der Waals surface area contributed by atoms with E-state index in [0.717, 1.165) is 33.1 Å². The Balaban J connectivity index is 1.70. The summed E-state index contributed by atoms with van der Waals surface area (Å²) < 4.78 is 0.725. The second-order valence-corrected chi connectivity index (χ2v) is 6.90. The molecule has 0 fully saturated rings. The van der Waals surface area contributed by atoms with Crippen LogP contribution in [0.5, 0.6) is 0 Å². The highest BCUT2D eigenvalue weighted by atomic mass is 32.1. The van der Waals surface area contributed by atoms with Gasteiger partial charge in [0.15, 0.2) is 3.95 Å². The van der Waals surface area contributed by atoms with E-state index < -0.39 is 0 Å². The fraction of sp³-hybridized carbons (Fsp3) is 0.333. The van der Waals surface area contributed by atoms with Gasteiger partial charge in [-0.2, -0.15) is 0 Å². The van der Waals surface area contributed by atoms with Crippen LogP contribution in [0.1, 0.15) is 28.1 Å². The van der Waals surface area contributed by atoms with Crippen molar-refractivity contribution in [3.63, 3.8) is 0 Å². The summed E-state index contributed by atoms with van der Waals surface area (Å²) in [5, 5.41) is 2.98. The molecule has 0 bridgehead atoms. The minimum atomic E-state index is 0.0105. The van der Waals surface area contributed by atoms with E-state index in [1.807, 2.05) is 13.0 Å². The number of fused-ring (bicyclic) bond motifs is 1. The standard InChI is InChI=1S/C15H16N2OS2/c1-9-13(20-15(19)16-9)8-14(18)17-12-6-5-10-3-2-4-11(10)7-12/h5-7H,2-4,8H2,1H3,(H,16,19)(H,17,18). The summed E-state index contributed by atoms with van der Waals surface area (Å²) in [5.74, 6) is 0.0105. The number of amides is 1. The number of H-pyrrole nitrogens is 1. The molecule has 104 valence electrons. The molecule has 0 saturated heterocycles. The molecule has 0 saturated carbocycles. The van der Waals surface area contributed by atoms with Gasteiger partial charge in [-0.15, -0.1) is 11.3 Å². The van der Waals surface area contributed by atoms with E-state index in [-0.39, 0.29) is 5.91 Å². The number of hydrogen-bond acceptors (Lipinski definition) is 3. The van der Waals surface area contributed by atoms with Crippen LogP contribution in [0.25, 0.3) is 0 Å². The summed E-state index contributed by atoms with van der Waals surface area (Å²) in [7, 11) is 0. The summed E-state index contributed by atoms with van der Waals surface area (Å²) in [6.45, 7) is 1.95. The van der Waals surface area contributed by atoms with Gasteiger partial charge in [-0.25, -0.2) is 0 Å². The monoisotopic (exact) mass is 304 g/mol. The Labute approximate surface area is 127 Å². The van der Waals surface area contributed by atoms with E-state index in [1.165, 1.54) is 28.9 Å². The Bertz CT molecular complexity index is 715. The van der Waals surface area contributed by atoms with Gasteiger partial charge in [0.2, 0.25) is 5.91 Å². The Hall–Kier alpha value is -1.46. The molecule has 3 nitrogen and oxygen atoms in total. The number of benzene rings is 1. The molecule has 1 aromatic carbocycles. The van der Waals surface area contributed by atoms with E-state index in [1.54, 1.807) is 0 Å². The summed E-state index contributed by atoms with van der Waals surface area (Å²) in [6, 6.07) is 6.23. The molecule has 2 N–H and O–H groups in total. The fourth-order valence-corrected chi connectivity index (χ4v) is 3.90. The zero-order chi connectivity index (χ0) is 14.1. The summed E-state index contributed by atoms with van der Waals surface area (Å²) >= 11 is 6.56. The minimum Gasteiger partial charge on any atom is -0.341 e. The molecule has 1 aromatic heterocycles. The lowest BCUT2D eigenvalue weighted by Gasteiger charge is -2.07. The number of hydrogen-bond donors (Lipinski definition) is 2. The Morgan fingerprint density at radius 2 is 2.20 bits per heavy atom. The van der Waals surface area contributed by atoms with Crippen molar-refractivity contribution >= 4 is 35.1 Å². The molecular formula is C15H16N2OS2. The first kappa shape index (κ1) is 13.5. The van der Waals surface area contributed by atoms with Crippen LogP contribution >= 0.6 is 23.6 Å². The van der Waals surface area contributed by atoms with Gasteiger partial charge in [-0.05, 0) is 61.7 Å². The van der Waals surface area contributed by atoms with Crippen LogP contribution in [0, 0.1) is 10.9 Å². The van der Waals surface area contributed by atoms with Crippen LogP contribution < -0.4 is 5.32 Å². The molecule has 0 spiro atoms. The number of carbonyl (C=O) groups is 1. The summed E-state index contributed by atoms with van der Waals surface area (Å²) in [6.07, 6.45) is 3.88. The van der Waals surface area contributed by atoms with Crippen LogP contribution in [0.2, 0.25) is 0 Å². The van der Waals surface area contributed by atoms with Gasteiger partial charge in [0, 0.05) is 16.3 Å². The summed E-state index contributed by atoms with van der Waals surface area (Å²) in [5.41, 5.74) is 4.68. The van der Waals surface area contributed by atoms with Crippen molar-refractivity contribution in [2.24, 2.45) is 0 Å². The number of rotatable bonds is 3. The zero-order valence-electron chi connectivity index (χ0n) is 11.3. The molecule has 0 aliphatic heterocycles. The van der Waals surface area contributed by atoms with E-state index >= 15 is 0 Å². The van der Waals surface area contributed by atoms with Gasteiger partial charge in [0.05, 0.1) is 6.42 Å². The molecule has 3 rings (SSSR count). The molecule has 1 aliphatic rings. The predicted molar refractivity (Wildman–Crippen MR) is 85.0 cm³/mol. The van der Waals surface area contributed by atoms with Crippen molar-refractivity contribution < 1.29 is 4.79 Å². The third kappa shape index (κ3) is 2.83. The SMILES string of the molecule is Cc1[nH]c(=S)sc1CC(=O)Nc1ccc2c(c1)CCC2. The molecule has 0 radical (unpaired) electrons. The van der Waals surface area contributed by atoms with Crippen LogP contribution in [0.3, 0.4) is 0 Å². The van der Waals surface area contributed by atoms with Crippen LogP contribution in [-0.4, -0.2) is 10.9 Å². The summed E-state index contributed by atoms with van der Waals surface area (Å²) in [4.78, 5) is 16.2. The van der Waals surface area contributed by atoms with Crippen LogP contribution in [0.4, 0.5) is 5.69 Å². The second-order valence-electron chi connectivity index (χ2n) is 5.12. The Morgan fingerprint density at radius 3 is 2.95 bits per heavy atom. The third-order valence-electron chi connectivity index (χ3n) is 3.63. The van der Waals surface area contributed by atoms with Crippen molar-refractivity contribution in [1.29, 1.82) is 0 Å². The maximum Gasteiger partial charge on any atom is 0.229 e. The first-order valence-corrected chi connectivity index (χ1v) is 7.94. The van der Waals surface area contributed by atoms with Gasteiger partial charge in [0.1, 0.15) is 0 Å². The van der Waals surface area contributed by atoms with E-state index in [0.29, 0.717) is 6.42 Å². The Morgan fingerprint density at radius 1 is 1.40 bits per heavy atom. The van der Waals surface area contributed by atoms with Gasteiger partial charge >= 0.3 is 0 Å².